The van der Waals surface area contributed by atoms with E-state index in [0.29, 0.717) is 50.1 Å². The summed E-state index contributed by atoms with van der Waals surface area (Å²) in [5, 5.41) is 8.81. The van der Waals surface area contributed by atoms with Crippen molar-refractivity contribution in [1.82, 2.24) is 9.62 Å². The average molecular weight is 421 g/mol. The van der Waals surface area contributed by atoms with Gasteiger partial charge in [0.05, 0.1) is 36.0 Å². The number of carbonyl (C=O) groups excluding carboxylic acids is 1. The molecule has 0 spiro atoms. The molecule has 0 atom stereocenters. The van der Waals surface area contributed by atoms with E-state index >= 15 is 0 Å². The molecule has 0 bridgehead atoms. The number of benzene rings is 1. The molecule has 8 nitrogen and oxygen atoms in total. The number of carbonyl (C=O) groups is 1. The summed E-state index contributed by atoms with van der Waals surface area (Å²) in [6, 6.07) is 4.78. The minimum absolute atomic E-state index is 0. The topological polar surface area (TPSA) is 99.8 Å². The monoisotopic (exact) mass is 420 g/mol. The lowest BCUT2D eigenvalue weighted by molar-refractivity contribution is -0.115. The molecule has 2 rings (SSSR count). The van der Waals surface area contributed by atoms with Gasteiger partial charge in [-0.2, -0.15) is 4.31 Å². The Morgan fingerprint density at radius 1 is 1.22 bits per heavy atom. The van der Waals surface area contributed by atoms with Gasteiger partial charge in [-0.15, -0.1) is 12.4 Å². The molecule has 1 amide bonds. The third kappa shape index (κ3) is 6.62. The number of amides is 1. The van der Waals surface area contributed by atoms with E-state index in [4.69, 9.17) is 4.74 Å². The summed E-state index contributed by atoms with van der Waals surface area (Å²) in [7, 11) is -1.94. The molecule has 154 valence electrons. The van der Waals surface area contributed by atoms with Crippen LogP contribution < -0.4 is 16.0 Å². The Labute approximate surface area is 167 Å². The largest absolute Gasteiger partial charge is 0.383 e. The Balaban J connectivity index is 0.00000364. The molecule has 1 aliphatic rings. The Kier molecular flexibility index (Phi) is 9.48. The zero-order valence-electron chi connectivity index (χ0n) is 15.9. The quantitative estimate of drug-likeness (QED) is 0.587. The summed E-state index contributed by atoms with van der Waals surface area (Å²) in [5.41, 5.74) is 1.16. The molecule has 3 N–H and O–H groups in total. The third-order valence-corrected chi connectivity index (χ3v) is 5.81. The first-order chi connectivity index (χ1) is 12.3. The van der Waals surface area contributed by atoms with Crippen molar-refractivity contribution in [2.45, 2.75) is 18.7 Å². The summed E-state index contributed by atoms with van der Waals surface area (Å²) in [6.45, 7) is 6.44. The van der Waals surface area contributed by atoms with E-state index in [1.54, 1.807) is 19.2 Å². The first-order valence-electron chi connectivity index (χ1n) is 8.75. The molecular weight excluding hydrogens is 392 g/mol. The average Bonchev–Trinajstić information content (AvgIpc) is 2.61. The van der Waals surface area contributed by atoms with Gasteiger partial charge in [0.25, 0.3) is 0 Å². The van der Waals surface area contributed by atoms with Gasteiger partial charge in [0.2, 0.25) is 15.9 Å². The van der Waals surface area contributed by atoms with Gasteiger partial charge in [0, 0.05) is 19.6 Å². The summed E-state index contributed by atoms with van der Waals surface area (Å²) in [6.07, 6.45) is 0. The van der Waals surface area contributed by atoms with Crippen LogP contribution in [0.15, 0.2) is 23.1 Å². The number of likely N-dealkylation sites (N-methyl/N-ethyl adjacent to an activating group) is 1. The van der Waals surface area contributed by atoms with Gasteiger partial charge in [-0.3, -0.25) is 4.79 Å². The lowest BCUT2D eigenvalue weighted by Gasteiger charge is -2.26. The SMILES string of the molecule is CNCC(=O)Nc1cc(S(=O)(=O)N2CCOCC2)ccc1NCC(C)C.Cl. The zero-order valence-corrected chi connectivity index (χ0v) is 17.6. The van der Waals surface area contributed by atoms with Gasteiger partial charge >= 0.3 is 0 Å². The van der Waals surface area contributed by atoms with Crippen LogP contribution in [0.5, 0.6) is 0 Å². The standard InChI is InChI=1S/C17H28N4O4S.ClH/c1-13(2)11-19-15-5-4-14(10-16(15)20-17(22)12-18-3)26(23,24)21-6-8-25-9-7-21;/h4-5,10,13,18-19H,6-9,11-12H2,1-3H3,(H,20,22);1H. The van der Waals surface area contributed by atoms with Crippen LogP contribution >= 0.6 is 12.4 Å². The number of rotatable bonds is 8. The van der Waals surface area contributed by atoms with E-state index in [2.05, 4.69) is 29.8 Å². The van der Waals surface area contributed by atoms with Gasteiger partial charge in [-0.25, -0.2) is 8.42 Å². The van der Waals surface area contributed by atoms with E-state index < -0.39 is 10.0 Å². The molecule has 0 radical (unpaired) electrons. The fourth-order valence-corrected chi connectivity index (χ4v) is 3.98. The molecule has 10 heteroatoms. The first-order valence-corrected chi connectivity index (χ1v) is 10.2. The maximum absolute atomic E-state index is 12.9. The number of hydrogen-bond donors (Lipinski definition) is 3. The molecule has 0 aliphatic carbocycles. The summed E-state index contributed by atoms with van der Waals surface area (Å²) in [4.78, 5) is 12.1. The second-order valence-electron chi connectivity index (χ2n) is 6.58. The predicted molar refractivity (Wildman–Crippen MR) is 109 cm³/mol. The molecule has 0 aromatic heterocycles. The summed E-state index contributed by atoms with van der Waals surface area (Å²) >= 11 is 0. The van der Waals surface area contributed by atoms with Crippen molar-refractivity contribution in [3.63, 3.8) is 0 Å². The smallest absolute Gasteiger partial charge is 0.243 e. The van der Waals surface area contributed by atoms with E-state index in [9.17, 15) is 13.2 Å². The van der Waals surface area contributed by atoms with Crippen LogP contribution in [0.4, 0.5) is 11.4 Å². The van der Waals surface area contributed by atoms with Crippen molar-refractivity contribution < 1.29 is 17.9 Å². The normalized spacial score (nSPS) is 15.3. The number of ether oxygens (including phenoxy) is 1. The molecule has 1 aromatic rings. The van der Waals surface area contributed by atoms with Crippen molar-refractivity contribution in [2.75, 3.05) is 57.1 Å². The maximum atomic E-state index is 12.9. The third-order valence-electron chi connectivity index (χ3n) is 3.91. The molecular formula is C17H29ClN4O4S. The fraction of sp³-hybridized carbons (Fsp3) is 0.588. The van der Waals surface area contributed by atoms with Crippen molar-refractivity contribution in [3.8, 4) is 0 Å². The van der Waals surface area contributed by atoms with Gasteiger partial charge in [0.15, 0.2) is 0 Å². The number of hydrogen-bond acceptors (Lipinski definition) is 6. The van der Waals surface area contributed by atoms with E-state index in [1.807, 2.05) is 0 Å². The Morgan fingerprint density at radius 2 is 1.89 bits per heavy atom. The van der Waals surface area contributed by atoms with Crippen LogP contribution in [0.25, 0.3) is 0 Å². The van der Waals surface area contributed by atoms with Crippen LogP contribution in [0.3, 0.4) is 0 Å². The van der Waals surface area contributed by atoms with Crippen molar-refractivity contribution >= 4 is 39.7 Å². The number of sulfonamides is 1. The summed E-state index contributed by atoms with van der Waals surface area (Å²) in [5.74, 6) is 0.175. The zero-order chi connectivity index (χ0) is 19.2. The first kappa shape index (κ1) is 23.6. The van der Waals surface area contributed by atoms with Crippen LogP contribution in [-0.4, -0.2) is 65.1 Å². The number of morpholine rings is 1. The Morgan fingerprint density at radius 3 is 2.48 bits per heavy atom. The van der Waals surface area contributed by atoms with E-state index in [0.717, 1.165) is 0 Å². The molecule has 1 saturated heterocycles. The van der Waals surface area contributed by atoms with Crippen LogP contribution in [0, 0.1) is 5.92 Å². The number of halogens is 1. The second-order valence-corrected chi connectivity index (χ2v) is 8.52. The van der Waals surface area contributed by atoms with Crippen LogP contribution in [0.1, 0.15) is 13.8 Å². The molecule has 27 heavy (non-hydrogen) atoms. The van der Waals surface area contributed by atoms with Gasteiger partial charge in [0.1, 0.15) is 0 Å². The van der Waals surface area contributed by atoms with Crippen LogP contribution in [-0.2, 0) is 19.6 Å². The minimum Gasteiger partial charge on any atom is -0.383 e. The van der Waals surface area contributed by atoms with Crippen molar-refractivity contribution in [1.29, 1.82) is 0 Å². The maximum Gasteiger partial charge on any atom is 0.243 e. The molecule has 0 unspecified atom stereocenters. The van der Waals surface area contributed by atoms with Gasteiger partial charge in [-0.1, -0.05) is 13.8 Å². The highest BCUT2D eigenvalue weighted by molar-refractivity contribution is 7.89. The van der Waals surface area contributed by atoms with Crippen LogP contribution in [0.2, 0.25) is 0 Å². The van der Waals surface area contributed by atoms with E-state index in [-0.39, 0.29) is 29.8 Å². The fourth-order valence-electron chi connectivity index (χ4n) is 2.55. The predicted octanol–water partition coefficient (Wildman–Crippen LogP) is 1.36. The number of anilines is 2. The van der Waals surface area contributed by atoms with E-state index in [1.165, 1.54) is 10.4 Å². The summed E-state index contributed by atoms with van der Waals surface area (Å²) < 4.78 is 32.3. The molecule has 0 saturated carbocycles. The highest BCUT2D eigenvalue weighted by atomic mass is 35.5. The molecule has 1 aliphatic heterocycles. The Bertz CT molecular complexity index is 722. The minimum atomic E-state index is -3.62. The van der Waals surface area contributed by atoms with Crippen molar-refractivity contribution in [2.24, 2.45) is 5.92 Å². The number of nitrogens with zero attached hydrogens (tertiary/aromatic N) is 1. The van der Waals surface area contributed by atoms with Crippen molar-refractivity contribution in [3.05, 3.63) is 18.2 Å². The number of nitrogens with one attached hydrogen (secondary N) is 3. The Hall–Kier alpha value is -1.39. The van der Waals surface area contributed by atoms with Gasteiger partial charge < -0.3 is 20.7 Å². The molecule has 1 aromatic carbocycles. The molecule has 1 fully saturated rings. The van der Waals surface area contributed by atoms with Gasteiger partial charge in [-0.05, 0) is 31.2 Å². The highest BCUT2D eigenvalue weighted by Gasteiger charge is 2.27. The second kappa shape index (κ2) is 10.8. The molecule has 1 heterocycles. The lowest BCUT2D eigenvalue weighted by atomic mass is 10.2. The lowest BCUT2D eigenvalue weighted by Crippen LogP contribution is -2.40. The highest BCUT2D eigenvalue weighted by Crippen LogP contribution is 2.28.